The van der Waals surface area contributed by atoms with Crippen molar-refractivity contribution >= 4 is 11.6 Å². The smallest absolute Gasteiger partial charge is 0.123 e. The van der Waals surface area contributed by atoms with E-state index in [4.69, 9.17) is 11.6 Å². The number of halogens is 2. The van der Waals surface area contributed by atoms with E-state index in [9.17, 15) is 4.39 Å². The molecule has 1 aliphatic rings. The second kappa shape index (κ2) is 7.22. The third-order valence-electron chi connectivity index (χ3n) is 3.60. The summed E-state index contributed by atoms with van der Waals surface area (Å²) in [5.74, 6) is -0.211. The van der Waals surface area contributed by atoms with Gasteiger partial charge in [0.25, 0.3) is 0 Å². The largest absolute Gasteiger partial charge is 0.313 e. The Labute approximate surface area is 119 Å². The lowest BCUT2D eigenvalue weighted by Gasteiger charge is -2.24. The van der Waals surface area contributed by atoms with Gasteiger partial charge in [0.15, 0.2) is 0 Å². The van der Waals surface area contributed by atoms with Crippen molar-refractivity contribution in [1.82, 2.24) is 10.2 Å². The van der Waals surface area contributed by atoms with Crippen LogP contribution in [0.25, 0.3) is 0 Å². The first kappa shape index (κ1) is 14.8. The van der Waals surface area contributed by atoms with Gasteiger partial charge in [-0.15, -0.1) is 0 Å². The molecule has 0 aliphatic carbocycles. The molecule has 1 unspecified atom stereocenters. The van der Waals surface area contributed by atoms with Crippen LogP contribution in [0.3, 0.4) is 0 Å². The lowest BCUT2D eigenvalue weighted by molar-refractivity contribution is 0.254. The Morgan fingerprint density at radius 1 is 1.47 bits per heavy atom. The number of nitrogens with zero attached hydrogens (tertiary/aromatic N) is 1. The molecule has 2 nitrogen and oxygen atoms in total. The van der Waals surface area contributed by atoms with E-state index in [0.29, 0.717) is 11.1 Å². The van der Waals surface area contributed by atoms with Crippen LogP contribution in [0.4, 0.5) is 4.39 Å². The van der Waals surface area contributed by atoms with Crippen molar-refractivity contribution in [2.75, 3.05) is 19.6 Å². The average molecular weight is 285 g/mol. The van der Waals surface area contributed by atoms with Gasteiger partial charge in [-0.05, 0) is 49.7 Å². The van der Waals surface area contributed by atoms with Gasteiger partial charge in [0.05, 0.1) is 0 Å². The number of hydrogen-bond acceptors (Lipinski definition) is 2. The highest BCUT2D eigenvalue weighted by Crippen LogP contribution is 2.20. The summed E-state index contributed by atoms with van der Waals surface area (Å²) >= 11 is 6.14. The van der Waals surface area contributed by atoms with E-state index in [0.717, 1.165) is 38.2 Å². The highest BCUT2D eigenvalue weighted by Gasteiger charge is 2.18. The van der Waals surface area contributed by atoms with Crippen LogP contribution in [-0.4, -0.2) is 30.6 Å². The average Bonchev–Trinajstić information content (AvgIpc) is 2.60. The zero-order chi connectivity index (χ0) is 13.7. The van der Waals surface area contributed by atoms with Crippen LogP contribution in [-0.2, 0) is 6.54 Å². The molecule has 0 radical (unpaired) electrons. The summed E-state index contributed by atoms with van der Waals surface area (Å²) in [6, 6.07) is 5.15. The third kappa shape index (κ3) is 4.44. The standard InChI is InChI=1S/C15H22ClFN2/c1-2-4-14-11-19(8-3-7-18-14)10-12-9-13(17)5-6-15(12)16/h5-6,9,14,18H,2-4,7-8,10-11H2,1H3. The van der Waals surface area contributed by atoms with Crippen molar-refractivity contribution < 1.29 is 4.39 Å². The Bertz CT molecular complexity index is 411. The molecular formula is C15H22ClFN2. The third-order valence-corrected chi connectivity index (χ3v) is 3.97. The Hall–Kier alpha value is -0.640. The molecule has 1 heterocycles. The second-order valence-corrected chi connectivity index (χ2v) is 5.67. The molecule has 2 rings (SSSR count). The fraction of sp³-hybridized carbons (Fsp3) is 0.600. The first-order chi connectivity index (χ1) is 9.19. The van der Waals surface area contributed by atoms with Crippen molar-refractivity contribution in [2.24, 2.45) is 0 Å². The van der Waals surface area contributed by atoms with E-state index in [-0.39, 0.29) is 5.82 Å². The molecular weight excluding hydrogens is 263 g/mol. The first-order valence-corrected chi connectivity index (χ1v) is 7.46. The van der Waals surface area contributed by atoms with Crippen LogP contribution >= 0.6 is 11.6 Å². The molecule has 4 heteroatoms. The molecule has 0 spiro atoms. The van der Waals surface area contributed by atoms with E-state index in [1.807, 2.05) is 0 Å². The van der Waals surface area contributed by atoms with Gasteiger partial charge in [0, 0.05) is 24.2 Å². The zero-order valence-corrected chi connectivity index (χ0v) is 12.2. The van der Waals surface area contributed by atoms with E-state index in [2.05, 4.69) is 17.1 Å². The molecule has 0 bridgehead atoms. The number of rotatable bonds is 4. The van der Waals surface area contributed by atoms with E-state index in [1.54, 1.807) is 12.1 Å². The highest BCUT2D eigenvalue weighted by atomic mass is 35.5. The molecule has 1 saturated heterocycles. The van der Waals surface area contributed by atoms with E-state index >= 15 is 0 Å². The van der Waals surface area contributed by atoms with Crippen molar-refractivity contribution in [3.63, 3.8) is 0 Å². The molecule has 0 amide bonds. The molecule has 0 saturated carbocycles. The fourth-order valence-electron chi connectivity index (χ4n) is 2.67. The van der Waals surface area contributed by atoms with Crippen LogP contribution in [0.1, 0.15) is 31.7 Å². The minimum Gasteiger partial charge on any atom is -0.313 e. The number of benzene rings is 1. The summed E-state index contributed by atoms with van der Waals surface area (Å²) in [5, 5.41) is 4.23. The number of hydrogen-bond donors (Lipinski definition) is 1. The van der Waals surface area contributed by atoms with E-state index in [1.165, 1.54) is 18.9 Å². The van der Waals surface area contributed by atoms with Gasteiger partial charge >= 0.3 is 0 Å². The van der Waals surface area contributed by atoms with Gasteiger partial charge in [0.1, 0.15) is 5.82 Å². The van der Waals surface area contributed by atoms with Crippen LogP contribution in [0, 0.1) is 5.82 Å². The predicted octanol–water partition coefficient (Wildman–Crippen LogP) is 3.44. The summed E-state index contributed by atoms with van der Waals surface area (Å²) in [6.45, 7) is 6.07. The molecule has 1 N–H and O–H groups in total. The van der Waals surface area contributed by atoms with Gasteiger partial charge in [-0.3, -0.25) is 4.90 Å². The van der Waals surface area contributed by atoms with Crippen LogP contribution in [0.5, 0.6) is 0 Å². The SMILES string of the molecule is CCCC1CN(Cc2cc(F)ccc2Cl)CCCN1. The normalized spacial score (nSPS) is 21.3. The van der Waals surface area contributed by atoms with Crippen LogP contribution in [0.2, 0.25) is 5.02 Å². The maximum absolute atomic E-state index is 13.3. The van der Waals surface area contributed by atoms with Crippen molar-refractivity contribution in [3.05, 3.63) is 34.6 Å². The molecule has 1 aromatic rings. The van der Waals surface area contributed by atoms with E-state index < -0.39 is 0 Å². The predicted molar refractivity (Wildman–Crippen MR) is 78.0 cm³/mol. The Morgan fingerprint density at radius 3 is 3.11 bits per heavy atom. The van der Waals surface area contributed by atoms with Crippen LogP contribution in [0.15, 0.2) is 18.2 Å². The summed E-state index contributed by atoms with van der Waals surface area (Å²) in [6.07, 6.45) is 3.51. The number of nitrogens with one attached hydrogen (secondary N) is 1. The molecule has 1 aromatic carbocycles. The highest BCUT2D eigenvalue weighted by molar-refractivity contribution is 6.31. The molecule has 1 fully saturated rings. The Morgan fingerprint density at radius 2 is 2.32 bits per heavy atom. The summed E-state index contributed by atoms with van der Waals surface area (Å²) < 4.78 is 13.3. The van der Waals surface area contributed by atoms with Gasteiger partial charge in [-0.25, -0.2) is 4.39 Å². The zero-order valence-electron chi connectivity index (χ0n) is 11.5. The summed E-state index contributed by atoms with van der Waals surface area (Å²) in [7, 11) is 0. The minimum absolute atomic E-state index is 0.211. The molecule has 1 aliphatic heterocycles. The maximum atomic E-state index is 13.3. The van der Waals surface area contributed by atoms with Gasteiger partial charge in [-0.1, -0.05) is 24.9 Å². The van der Waals surface area contributed by atoms with Crippen molar-refractivity contribution in [2.45, 2.75) is 38.8 Å². The summed E-state index contributed by atoms with van der Waals surface area (Å²) in [5.41, 5.74) is 0.888. The monoisotopic (exact) mass is 284 g/mol. The Balaban J connectivity index is 2.02. The van der Waals surface area contributed by atoms with Crippen molar-refractivity contribution in [3.8, 4) is 0 Å². The minimum atomic E-state index is -0.211. The van der Waals surface area contributed by atoms with Crippen LogP contribution < -0.4 is 5.32 Å². The lowest BCUT2D eigenvalue weighted by atomic mass is 10.1. The second-order valence-electron chi connectivity index (χ2n) is 5.26. The molecule has 1 atom stereocenters. The van der Waals surface area contributed by atoms with Gasteiger partial charge < -0.3 is 5.32 Å². The lowest BCUT2D eigenvalue weighted by Crippen LogP contribution is -2.37. The fourth-order valence-corrected chi connectivity index (χ4v) is 2.84. The maximum Gasteiger partial charge on any atom is 0.123 e. The molecule has 0 aromatic heterocycles. The molecule has 19 heavy (non-hydrogen) atoms. The van der Waals surface area contributed by atoms with Gasteiger partial charge in [0.2, 0.25) is 0 Å². The quantitative estimate of drug-likeness (QED) is 0.911. The first-order valence-electron chi connectivity index (χ1n) is 7.08. The Kier molecular flexibility index (Phi) is 5.61. The van der Waals surface area contributed by atoms with Crippen molar-refractivity contribution in [1.29, 1.82) is 0 Å². The topological polar surface area (TPSA) is 15.3 Å². The molecule has 106 valence electrons. The van der Waals surface area contributed by atoms with Gasteiger partial charge in [-0.2, -0.15) is 0 Å². The summed E-state index contributed by atoms with van der Waals surface area (Å²) in [4.78, 5) is 2.38.